The van der Waals surface area contributed by atoms with Gasteiger partial charge in [-0.05, 0) is 94.6 Å². The first-order valence-corrected chi connectivity index (χ1v) is 13.9. The zero-order valence-electron chi connectivity index (χ0n) is 22.0. The highest BCUT2D eigenvalue weighted by atomic mass is 16.5. The van der Waals surface area contributed by atoms with Crippen molar-refractivity contribution < 1.29 is 14.3 Å². The zero-order chi connectivity index (χ0) is 24.2. The van der Waals surface area contributed by atoms with Gasteiger partial charge in [0.2, 0.25) is 0 Å². The Morgan fingerprint density at radius 3 is 2.74 bits per heavy atom. The molecular formula is C29H48N2O3. The summed E-state index contributed by atoms with van der Waals surface area (Å²) in [6.07, 6.45) is 13.6. The summed E-state index contributed by atoms with van der Waals surface area (Å²) in [5.41, 5.74) is 2.76. The molecule has 1 aromatic rings. The van der Waals surface area contributed by atoms with Crippen molar-refractivity contribution in [2.24, 2.45) is 0 Å². The number of carbonyl (C=O) groups excluding carboxylic acids is 1. The van der Waals surface area contributed by atoms with Gasteiger partial charge in [-0.3, -0.25) is 4.90 Å². The van der Waals surface area contributed by atoms with E-state index in [0.29, 0.717) is 24.6 Å². The molecule has 0 aliphatic carbocycles. The SMILES string of the molecule is CCCCN(C)CCC.O=CCN1CC(c2ccc3c(c2)CCO3)CC1CCC1CCCCO1. The lowest BCUT2D eigenvalue weighted by atomic mass is 9.92. The molecule has 1 aromatic carbocycles. The quantitative estimate of drug-likeness (QED) is 0.400. The van der Waals surface area contributed by atoms with Gasteiger partial charge in [0.05, 0.1) is 19.3 Å². The molecule has 34 heavy (non-hydrogen) atoms. The third kappa shape index (κ3) is 8.35. The number of rotatable bonds is 11. The number of aldehydes is 1. The van der Waals surface area contributed by atoms with Gasteiger partial charge < -0.3 is 19.2 Å². The van der Waals surface area contributed by atoms with Gasteiger partial charge >= 0.3 is 0 Å². The molecule has 5 nitrogen and oxygen atoms in total. The van der Waals surface area contributed by atoms with Gasteiger partial charge in [-0.2, -0.15) is 0 Å². The monoisotopic (exact) mass is 472 g/mol. The predicted octanol–water partition coefficient (Wildman–Crippen LogP) is 5.46. The summed E-state index contributed by atoms with van der Waals surface area (Å²) in [6.45, 7) is 10.3. The summed E-state index contributed by atoms with van der Waals surface area (Å²) in [4.78, 5) is 15.9. The van der Waals surface area contributed by atoms with E-state index in [9.17, 15) is 4.79 Å². The van der Waals surface area contributed by atoms with E-state index < -0.39 is 0 Å². The molecule has 5 heteroatoms. The second kappa shape index (κ2) is 14.9. The maximum absolute atomic E-state index is 11.1. The Labute approximate surface area is 208 Å². The minimum atomic E-state index is 0.433. The number of likely N-dealkylation sites (tertiary alicyclic amines) is 1. The van der Waals surface area contributed by atoms with Gasteiger partial charge in [0.15, 0.2) is 0 Å². The van der Waals surface area contributed by atoms with Crippen LogP contribution in [-0.2, 0) is 16.0 Å². The molecule has 0 spiro atoms. The van der Waals surface area contributed by atoms with Crippen LogP contribution in [0.3, 0.4) is 0 Å². The molecular weight excluding hydrogens is 424 g/mol. The molecule has 2 fully saturated rings. The molecule has 0 bridgehead atoms. The average Bonchev–Trinajstić information content (AvgIpc) is 3.49. The Morgan fingerprint density at radius 1 is 1.12 bits per heavy atom. The molecule has 0 aromatic heterocycles. The van der Waals surface area contributed by atoms with Gasteiger partial charge in [-0.1, -0.05) is 32.4 Å². The van der Waals surface area contributed by atoms with Crippen LogP contribution in [0.2, 0.25) is 0 Å². The molecule has 0 saturated carbocycles. The van der Waals surface area contributed by atoms with E-state index in [4.69, 9.17) is 9.47 Å². The van der Waals surface area contributed by atoms with Crippen molar-refractivity contribution in [3.8, 4) is 5.75 Å². The summed E-state index contributed by atoms with van der Waals surface area (Å²) in [7, 11) is 2.19. The summed E-state index contributed by atoms with van der Waals surface area (Å²) in [5, 5.41) is 0. The van der Waals surface area contributed by atoms with Crippen molar-refractivity contribution in [2.45, 2.75) is 96.1 Å². The predicted molar refractivity (Wildman–Crippen MR) is 140 cm³/mol. The van der Waals surface area contributed by atoms with Crippen molar-refractivity contribution in [1.82, 2.24) is 9.80 Å². The molecule has 0 amide bonds. The van der Waals surface area contributed by atoms with Crippen molar-refractivity contribution in [2.75, 3.05) is 46.4 Å². The highest BCUT2D eigenvalue weighted by Crippen LogP contribution is 2.37. The number of nitrogens with zero attached hydrogens (tertiary/aromatic N) is 2. The van der Waals surface area contributed by atoms with Gasteiger partial charge in [-0.25, -0.2) is 0 Å². The van der Waals surface area contributed by atoms with E-state index >= 15 is 0 Å². The molecule has 3 aliphatic rings. The summed E-state index contributed by atoms with van der Waals surface area (Å²) < 4.78 is 11.5. The smallest absolute Gasteiger partial charge is 0.133 e. The van der Waals surface area contributed by atoms with Crippen molar-refractivity contribution in [3.05, 3.63) is 29.3 Å². The molecule has 3 atom stereocenters. The van der Waals surface area contributed by atoms with Gasteiger partial charge in [0.1, 0.15) is 12.0 Å². The fourth-order valence-electron chi connectivity index (χ4n) is 5.64. The van der Waals surface area contributed by atoms with E-state index in [0.717, 1.165) is 57.5 Å². The highest BCUT2D eigenvalue weighted by Gasteiger charge is 2.33. The van der Waals surface area contributed by atoms with Crippen LogP contribution in [0.4, 0.5) is 0 Å². The lowest BCUT2D eigenvalue weighted by molar-refractivity contribution is -0.109. The Hall–Kier alpha value is -1.43. The van der Waals surface area contributed by atoms with Gasteiger partial charge in [0.25, 0.3) is 0 Å². The van der Waals surface area contributed by atoms with E-state index in [-0.39, 0.29) is 0 Å². The maximum Gasteiger partial charge on any atom is 0.133 e. The largest absolute Gasteiger partial charge is 0.493 e. The summed E-state index contributed by atoms with van der Waals surface area (Å²) >= 11 is 0. The van der Waals surface area contributed by atoms with E-state index in [2.05, 4.69) is 48.9 Å². The van der Waals surface area contributed by atoms with Crippen LogP contribution in [0.15, 0.2) is 18.2 Å². The Morgan fingerprint density at radius 2 is 2.00 bits per heavy atom. The Bertz CT molecular complexity index is 719. The average molecular weight is 473 g/mol. The molecule has 2 saturated heterocycles. The fourth-order valence-corrected chi connectivity index (χ4v) is 5.64. The second-order valence-corrected chi connectivity index (χ2v) is 10.4. The topological polar surface area (TPSA) is 42.0 Å². The van der Waals surface area contributed by atoms with Crippen LogP contribution in [0.5, 0.6) is 5.75 Å². The van der Waals surface area contributed by atoms with E-state index in [1.165, 1.54) is 62.7 Å². The third-order valence-corrected chi connectivity index (χ3v) is 7.62. The van der Waals surface area contributed by atoms with Crippen LogP contribution in [0, 0.1) is 0 Å². The van der Waals surface area contributed by atoms with Crippen LogP contribution < -0.4 is 4.74 Å². The first-order valence-electron chi connectivity index (χ1n) is 13.9. The number of hydrogen-bond acceptors (Lipinski definition) is 5. The minimum absolute atomic E-state index is 0.433. The second-order valence-electron chi connectivity index (χ2n) is 10.4. The number of hydrogen-bond donors (Lipinski definition) is 0. The number of carbonyl (C=O) groups is 1. The molecule has 3 aliphatic heterocycles. The normalized spacial score (nSPS) is 24.4. The lowest BCUT2D eigenvalue weighted by Gasteiger charge is -2.26. The van der Waals surface area contributed by atoms with Crippen molar-refractivity contribution in [1.29, 1.82) is 0 Å². The van der Waals surface area contributed by atoms with Crippen molar-refractivity contribution >= 4 is 6.29 Å². The molecule has 4 rings (SSSR count). The molecule has 3 heterocycles. The summed E-state index contributed by atoms with van der Waals surface area (Å²) in [6, 6.07) is 7.19. The standard InChI is InChI=1S/C21H29NO3.C8H19N/c23-10-9-22-15-18(16-4-7-21-17(13-16)8-12-25-21)14-19(22)5-6-20-3-1-2-11-24-20;1-4-6-8-9(3)7-5-2/h4,7,10,13,18-20H,1-3,5-6,8-9,11-12,14-15H2;4-8H2,1-3H3. The Kier molecular flexibility index (Phi) is 11.9. The van der Waals surface area contributed by atoms with E-state index in [1.807, 2.05) is 0 Å². The van der Waals surface area contributed by atoms with Crippen LogP contribution in [0.1, 0.15) is 88.7 Å². The first kappa shape index (κ1) is 27.2. The minimum Gasteiger partial charge on any atom is -0.493 e. The van der Waals surface area contributed by atoms with Crippen LogP contribution in [-0.4, -0.2) is 74.7 Å². The number of unbranched alkanes of at least 4 members (excludes halogenated alkanes) is 1. The fraction of sp³-hybridized carbons (Fsp3) is 0.759. The molecule has 0 N–H and O–H groups in total. The molecule has 3 unspecified atom stereocenters. The lowest BCUT2D eigenvalue weighted by Crippen LogP contribution is -2.32. The number of ether oxygens (including phenoxy) is 2. The third-order valence-electron chi connectivity index (χ3n) is 7.62. The molecule has 192 valence electrons. The maximum atomic E-state index is 11.1. The van der Waals surface area contributed by atoms with Gasteiger partial charge in [-0.15, -0.1) is 0 Å². The Balaban J connectivity index is 0.000000309. The first-order chi connectivity index (χ1) is 16.6. The van der Waals surface area contributed by atoms with Crippen LogP contribution >= 0.6 is 0 Å². The highest BCUT2D eigenvalue weighted by molar-refractivity contribution is 5.52. The van der Waals surface area contributed by atoms with Crippen molar-refractivity contribution in [3.63, 3.8) is 0 Å². The number of fused-ring (bicyclic) bond motifs is 1. The van der Waals surface area contributed by atoms with E-state index in [1.54, 1.807) is 0 Å². The number of benzene rings is 1. The zero-order valence-corrected chi connectivity index (χ0v) is 22.0. The molecule has 0 radical (unpaired) electrons. The summed E-state index contributed by atoms with van der Waals surface area (Å²) in [5.74, 6) is 1.58. The van der Waals surface area contributed by atoms with Gasteiger partial charge in [0, 0.05) is 25.6 Å². The van der Waals surface area contributed by atoms with Crippen LogP contribution in [0.25, 0.3) is 0 Å².